The highest BCUT2D eigenvalue weighted by molar-refractivity contribution is 5.94. The number of hydrogen-bond donors (Lipinski definition) is 1. The molecule has 1 aromatic heterocycles. The van der Waals surface area contributed by atoms with E-state index in [-0.39, 0.29) is 12.0 Å². The molecule has 1 atom stereocenters. The maximum atomic E-state index is 12.5. The van der Waals surface area contributed by atoms with Crippen LogP contribution in [0.1, 0.15) is 27.6 Å². The molecule has 25 heavy (non-hydrogen) atoms. The van der Waals surface area contributed by atoms with Crippen LogP contribution in [0.25, 0.3) is 5.69 Å². The Hall–Kier alpha value is -2.92. The fraction of sp³-hybridized carbons (Fsp3) is 0.200. The fourth-order valence-corrected chi connectivity index (χ4v) is 3.14. The van der Waals surface area contributed by atoms with E-state index in [9.17, 15) is 4.79 Å². The molecule has 1 aliphatic heterocycles. The summed E-state index contributed by atoms with van der Waals surface area (Å²) in [5.74, 6) is -0.110. The summed E-state index contributed by atoms with van der Waals surface area (Å²) in [6.45, 7) is 1.15. The molecule has 2 aromatic carbocycles. The van der Waals surface area contributed by atoms with Gasteiger partial charge in [0.05, 0.1) is 12.3 Å². The smallest absolute Gasteiger partial charge is 0.251 e. The molecule has 4 rings (SSSR count). The maximum absolute atomic E-state index is 12.5. The lowest BCUT2D eigenvalue weighted by Gasteiger charge is -2.26. The molecule has 2 heterocycles. The molecule has 5 heteroatoms. The van der Waals surface area contributed by atoms with Gasteiger partial charge in [-0.05, 0) is 41.8 Å². The number of amides is 1. The summed E-state index contributed by atoms with van der Waals surface area (Å²) in [6, 6.07) is 17.5. The lowest BCUT2D eigenvalue weighted by atomic mass is 9.97. The summed E-state index contributed by atoms with van der Waals surface area (Å²) in [5, 5.41) is 7.18. The zero-order valence-corrected chi connectivity index (χ0v) is 13.8. The van der Waals surface area contributed by atoms with Gasteiger partial charge in [-0.25, -0.2) is 4.68 Å². The number of aromatic nitrogens is 2. The summed E-state index contributed by atoms with van der Waals surface area (Å²) < 4.78 is 7.58. The average Bonchev–Trinajstić information content (AvgIpc) is 3.21. The first-order valence-electron chi connectivity index (χ1n) is 8.39. The Balaban J connectivity index is 1.46. The van der Waals surface area contributed by atoms with E-state index < -0.39 is 0 Å². The van der Waals surface area contributed by atoms with Crippen LogP contribution < -0.4 is 5.32 Å². The first-order chi connectivity index (χ1) is 12.3. The minimum Gasteiger partial charge on any atom is -0.371 e. The number of benzene rings is 2. The summed E-state index contributed by atoms with van der Waals surface area (Å²) >= 11 is 0. The van der Waals surface area contributed by atoms with Crippen molar-refractivity contribution in [3.63, 3.8) is 0 Å². The molecule has 0 unspecified atom stereocenters. The molecular weight excluding hydrogens is 314 g/mol. The topological polar surface area (TPSA) is 56.1 Å². The van der Waals surface area contributed by atoms with Gasteiger partial charge in [-0.1, -0.05) is 30.3 Å². The largest absolute Gasteiger partial charge is 0.371 e. The molecule has 0 fully saturated rings. The Morgan fingerprint density at radius 3 is 3.00 bits per heavy atom. The molecule has 3 aromatic rings. The highest BCUT2D eigenvalue weighted by atomic mass is 16.5. The number of nitrogens with zero attached hydrogens (tertiary/aromatic N) is 2. The second-order valence-corrected chi connectivity index (χ2v) is 6.02. The first-order valence-corrected chi connectivity index (χ1v) is 8.39. The number of hydrogen-bond acceptors (Lipinski definition) is 3. The molecule has 0 saturated heterocycles. The number of nitrogens with one attached hydrogen (secondary N) is 1. The number of rotatable bonds is 4. The van der Waals surface area contributed by atoms with Gasteiger partial charge in [-0.15, -0.1) is 0 Å². The van der Waals surface area contributed by atoms with Crippen molar-refractivity contribution in [3.05, 3.63) is 83.7 Å². The maximum Gasteiger partial charge on any atom is 0.251 e. The van der Waals surface area contributed by atoms with Crippen LogP contribution in [0.2, 0.25) is 0 Å². The monoisotopic (exact) mass is 333 g/mol. The summed E-state index contributed by atoms with van der Waals surface area (Å²) in [6.07, 6.45) is 4.39. The van der Waals surface area contributed by atoms with E-state index in [1.54, 1.807) is 16.9 Å². The minimum absolute atomic E-state index is 0.0943. The third-order valence-electron chi connectivity index (χ3n) is 4.42. The van der Waals surface area contributed by atoms with Crippen LogP contribution in [-0.4, -0.2) is 28.8 Å². The van der Waals surface area contributed by atoms with Gasteiger partial charge >= 0.3 is 0 Å². The van der Waals surface area contributed by atoms with Crippen molar-refractivity contribution >= 4 is 5.91 Å². The number of carbonyl (C=O) groups excluding carboxylic acids is 1. The molecular formula is C20H19N3O2. The van der Waals surface area contributed by atoms with Gasteiger partial charge in [0.2, 0.25) is 0 Å². The van der Waals surface area contributed by atoms with Crippen LogP contribution in [-0.2, 0) is 11.2 Å². The van der Waals surface area contributed by atoms with Crippen LogP contribution >= 0.6 is 0 Å². The lowest BCUT2D eigenvalue weighted by molar-refractivity contribution is 0.0411. The van der Waals surface area contributed by atoms with Crippen molar-refractivity contribution in [1.29, 1.82) is 0 Å². The lowest BCUT2D eigenvalue weighted by Crippen LogP contribution is -2.31. The second kappa shape index (κ2) is 6.91. The SMILES string of the molecule is O=C(NC[C@H]1OCCc2ccccc21)c1cccc(-n2cccn2)c1. The Kier molecular flexibility index (Phi) is 4.31. The molecule has 0 saturated carbocycles. The van der Waals surface area contributed by atoms with Crippen LogP contribution in [0.5, 0.6) is 0 Å². The van der Waals surface area contributed by atoms with Gasteiger partial charge in [-0.3, -0.25) is 4.79 Å². The van der Waals surface area contributed by atoms with Crippen molar-refractivity contribution in [2.75, 3.05) is 13.2 Å². The minimum atomic E-state index is -0.110. The van der Waals surface area contributed by atoms with Crippen molar-refractivity contribution in [1.82, 2.24) is 15.1 Å². The zero-order chi connectivity index (χ0) is 17.1. The van der Waals surface area contributed by atoms with E-state index in [1.165, 1.54) is 11.1 Å². The number of fused-ring (bicyclic) bond motifs is 1. The summed E-state index contributed by atoms with van der Waals surface area (Å²) in [7, 11) is 0. The molecule has 0 radical (unpaired) electrons. The Bertz CT molecular complexity index is 874. The quantitative estimate of drug-likeness (QED) is 0.799. The molecule has 0 bridgehead atoms. The Morgan fingerprint density at radius 1 is 1.20 bits per heavy atom. The van der Waals surface area contributed by atoms with Crippen molar-refractivity contribution in [2.45, 2.75) is 12.5 Å². The van der Waals surface area contributed by atoms with Crippen molar-refractivity contribution in [2.24, 2.45) is 0 Å². The summed E-state index contributed by atoms with van der Waals surface area (Å²) in [4.78, 5) is 12.5. The van der Waals surface area contributed by atoms with Gasteiger partial charge in [0.25, 0.3) is 5.91 Å². The summed E-state index contributed by atoms with van der Waals surface area (Å²) in [5.41, 5.74) is 3.93. The van der Waals surface area contributed by atoms with Gasteiger partial charge in [0.15, 0.2) is 0 Å². The van der Waals surface area contributed by atoms with E-state index in [4.69, 9.17) is 4.74 Å². The standard InChI is InChI=1S/C20H19N3O2/c24-20(16-6-3-7-17(13-16)23-11-4-10-22-23)21-14-19-18-8-2-1-5-15(18)9-12-25-19/h1-8,10-11,13,19H,9,12,14H2,(H,21,24)/t19-/m1/s1. The van der Waals surface area contributed by atoms with Gasteiger partial charge in [0, 0.05) is 24.5 Å². The van der Waals surface area contributed by atoms with Crippen LogP contribution in [0.4, 0.5) is 0 Å². The average molecular weight is 333 g/mol. The van der Waals surface area contributed by atoms with Crippen molar-refractivity contribution in [3.8, 4) is 5.69 Å². The van der Waals surface area contributed by atoms with E-state index in [1.807, 2.05) is 42.6 Å². The molecule has 1 aliphatic rings. The van der Waals surface area contributed by atoms with Crippen LogP contribution in [0.3, 0.4) is 0 Å². The fourth-order valence-electron chi connectivity index (χ4n) is 3.14. The highest BCUT2D eigenvalue weighted by Gasteiger charge is 2.21. The van der Waals surface area contributed by atoms with Crippen LogP contribution in [0.15, 0.2) is 67.0 Å². The Labute approximate surface area is 146 Å². The van der Waals surface area contributed by atoms with E-state index in [0.29, 0.717) is 18.7 Å². The van der Waals surface area contributed by atoms with Crippen LogP contribution in [0, 0.1) is 0 Å². The molecule has 1 amide bonds. The van der Waals surface area contributed by atoms with E-state index in [0.717, 1.165) is 12.1 Å². The number of ether oxygens (including phenoxy) is 1. The normalized spacial score (nSPS) is 16.2. The molecule has 5 nitrogen and oxygen atoms in total. The Morgan fingerprint density at radius 2 is 2.12 bits per heavy atom. The van der Waals surface area contributed by atoms with Gasteiger partial charge < -0.3 is 10.1 Å². The predicted molar refractivity (Wildman–Crippen MR) is 94.7 cm³/mol. The number of carbonyl (C=O) groups is 1. The predicted octanol–water partition coefficient (Wildman–Crippen LogP) is 2.92. The van der Waals surface area contributed by atoms with Gasteiger partial charge in [0.1, 0.15) is 6.10 Å². The van der Waals surface area contributed by atoms with Crippen molar-refractivity contribution < 1.29 is 9.53 Å². The zero-order valence-electron chi connectivity index (χ0n) is 13.8. The van der Waals surface area contributed by atoms with E-state index in [2.05, 4.69) is 22.5 Å². The molecule has 1 N–H and O–H groups in total. The second-order valence-electron chi connectivity index (χ2n) is 6.02. The van der Waals surface area contributed by atoms with E-state index >= 15 is 0 Å². The first kappa shape index (κ1) is 15.6. The highest BCUT2D eigenvalue weighted by Crippen LogP contribution is 2.26. The van der Waals surface area contributed by atoms with Gasteiger partial charge in [-0.2, -0.15) is 5.10 Å². The third kappa shape index (κ3) is 3.32. The molecule has 0 spiro atoms. The molecule has 0 aliphatic carbocycles. The third-order valence-corrected chi connectivity index (χ3v) is 4.42. The molecule has 126 valence electrons.